The second kappa shape index (κ2) is 11.7. The Labute approximate surface area is 245 Å². The highest BCUT2D eigenvalue weighted by Crippen LogP contribution is 2.43. The van der Waals surface area contributed by atoms with E-state index >= 15 is 4.39 Å². The van der Waals surface area contributed by atoms with Crippen molar-refractivity contribution in [2.24, 2.45) is 0 Å². The minimum absolute atomic E-state index is 0.0650. The van der Waals surface area contributed by atoms with Crippen LogP contribution in [0.4, 0.5) is 23.4 Å². The van der Waals surface area contributed by atoms with E-state index in [1.54, 1.807) is 9.80 Å². The number of carbonyl (C=O) groups is 1. The molecule has 42 heavy (non-hydrogen) atoms. The van der Waals surface area contributed by atoms with Gasteiger partial charge in [0.05, 0.1) is 23.7 Å². The predicted octanol–water partition coefficient (Wildman–Crippen LogP) is 5.49. The zero-order valence-electron chi connectivity index (χ0n) is 23.5. The largest absolute Gasteiger partial charge is 0.507 e. The van der Waals surface area contributed by atoms with Crippen molar-refractivity contribution in [3.8, 4) is 22.9 Å². The van der Waals surface area contributed by atoms with Crippen LogP contribution in [-0.2, 0) is 4.79 Å². The van der Waals surface area contributed by atoms with Gasteiger partial charge in [-0.15, -0.1) is 0 Å². The number of fused-ring (bicyclic) bond motifs is 1. The van der Waals surface area contributed by atoms with Gasteiger partial charge in [0.25, 0.3) is 5.92 Å². The maximum atomic E-state index is 16.3. The summed E-state index contributed by atoms with van der Waals surface area (Å²) < 4.78 is 63.9. The van der Waals surface area contributed by atoms with Crippen LogP contribution >= 0.6 is 11.6 Å². The molecule has 3 heterocycles. The van der Waals surface area contributed by atoms with Crippen molar-refractivity contribution in [1.29, 1.82) is 0 Å². The molecule has 0 radical (unpaired) electrons. The summed E-state index contributed by atoms with van der Waals surface area (Å²) in [4.78, 5) is 26.4. The molecule has 0 aliphatic carbocycles. The molecule has 1 N–H and O–H groups in total. The second-order valence-corrected chi connectivity index (χ2v) is 11.4. The molecule has 0 unspecified atom stereocenters. The molecule has 1 amide bonds. The summed E-state index contributed by atoms with van der Waals surface area (Å²) in [6, 6.07) is 4.49. The average Bonchev–Trinajstić information content (AvgIpc) is 3.27. The van der Waals surface area contributed by atoms with Crippen molar-refractivity contribution in [2.75, 3.05) is 44.2 Å². The fraction of sp³-hybridized carbons (Fsp3) is 0.483. The Morgan fingerprint density at radius 2 is 1.93 bits per heavy atom. The molecule has 0 saturated carbocycles. The minimum atomic E-state index is -2.69. The summed E-state index contributed by atoms with van der Waals surface area (Å²) in [5.41, 5.74) is -0.942. The van der Waals surface area contributed by atoms with E-state index in [4.69, 9.17) is 16.3 Å². The number of amides is 1. The van der Waals surface area contributed by atoms with Crippen molar-refractivity contribution in [3.05, 3.63) is 40.9 Å². The highest BCUT2D eigenvalue weighted by atomic mass is 35.5. The predicted molar refractivity (Wildman–Crippen MR) is 151 cm³/mol. The van der Waals surface area contributed by atoms with Gasteiger partial charge in [-0.25, -0.2) is 17.6 Å². The van der Waals surface area contributed by atoms with Gasteiger partial charge in [-0.1, -0.05) is 17.7 Å². The molecular weight excluding hydrogens is 578 g/mol. The molecule has 2 saturated heterocycles. The molecule has 8 nitrogen and oxygen atoms in total. The number of nitrogens with zero attached hydrogens (tertiary/aromatic N) is 5. The van der Waals surface area contributed by atoms with Crippen LogP contribution in [0, 0.1) is 11.6 Å². The Balaban J connectivity index is 1.53. The van der Waals surface area contributed by atoms with Gasteiger partial charge in [-0.2, -0.15) is 9.97 Å². The number of halogens is 5. The van der Waals surface area contributed by atoms with E-state index in [0.29, 0.717) is 38.4 Å². The molecule has 5 rings (SSSR count). The van der Waals surface area contributed by atoms with Crippen LogP contribution in [0.1, 0.15) is 33.6 Å². The first-order chi connectivity index (χ1) is 19.9. The number of hydrogen-bond acceptors (Lipinski definition) is 7. The Kier molecular flexibility index (Phi) is 8.39. The number of benzene rings is 2. The molecule has 2 atom stereocenters. The topological polar surface area (TPSA) is 82.0 Å². The van der Waals surface area contributed by atoms with Crippen molar-refractivity contribution in [1.82, 2.24) is 19.8 Å². The van der Waals surface area contributed by atoms with E-state index in [1.807, 2.05) is 18.7 Å². The third-order valence-corrected chi connectivity index (χ3v) is 8.14. The van der Waals surface area contributed by atoms with Gasteiger partial charge in [0.15, 0.2) is 5.82 Å². The van der Waals surface area contributed by atoms with Crippen LogP contribution in [0.15, 0.2) is 24.3 Å². The molecule has 2 aliphatic rings. The molecule has 3 aromatic rings. The van der Waals surface area contributed by atoms with E-state index in [9.17, 15) is 23.1 Å². The Bertz CT molecular complexity index is 1490. The van der Waals surface area contributed by atoms with Gasteiger partial charge in [-0.3, -0.25) is 9.69 Å². The number of likely N-dealkylation sites (tertiary alicyclic amines) is 1. The standard InChI is InChI=1S/C29H32ClF4N5O3/c1-16-14-39(17(2)13-38(16)18(3)40)27-19-12-20(30)23(24-21(31)6-4-7-22(24)41)25(32)26(19)35-28(36-27)42-11-5-9-37-10-8-29(33,34)15-37/h4,6-7,12,16-17,41H,5,8-11,13-15H2,1-3H3/t16-,17+/m1/s1. The minimum Gasteiger partial charge on any atom is -0.507 e. The smallest absolute Gasteiger partial charge is 0.319 e. The van der Waals surface area contributed by atoms with E-state index in [2.05, 4.69) is 9.97 Å². The lowest BCUT2D eigenvalue weighted by Gasteiger charge is -2.44. The molecule has 226 valence electrons. The number of aromatic nitrogens is 2. The number of phenolic OH excluding ortho intramolecular Hbond substituents is 1. The lowest BCUT2D eigenvalue weighted by Crippen LogP contribution is -2.58. The van der Waals surface area contributed by atoms with E-state index in [-0.39, 0.29) is 65.1 Å². The summed E-state index contributed by atoms with van der Waals surface area (Å²) >= 11 is 6.52. The highest BCUT2D eigenvalue weighted by molar-refractivity contribution is 6.34. The number of alkyl halides is 2. The second-order valence-electron chi connectivity index (χ2n) is 11.0. The maximum Gasteiger partial charge on any atom is 0.319 e. The number of hydrogen-bond donors (Lipinski definition) is 1. The Morgan fingerprint density at radius 3 is 2.60 bits per heavy atom. The van der Waals surface area contributed by atoms with Crippen molar-refractivity contribution in [2.45, 2.75) is 51.6 Å². The van der Waals surface area contributed by atoms with Crippen LogP contribution in [0.25, 0.3) is 22.0 Å². The molecule has 2 aliphatic heterocycles. The number of phenols is 1. The monoisotopic (exact) mass is 609 g/mol. The molecule has 2 aromatic carbocycles. The third kappa shape index (κ3) is 5.92. The summed E-state index contributed by atoms with van der Waals surface area (Å²) in [6.45, 7) is 6.56. The number of ether oxygens (including phenoxy) is 1. The SMILES string of the molecule is CC(=O)N1C[C@H](C)N(c2nc(OCCCN3CCC(F)(F)C3)nc3c(F)c(-c4c(O)cccc4F)c(Cl)cc23)C[C@H]1C. The van der Waals surface area contributed by atoms with E-state index < -0.39 is 28.9 Å². The van der Waals surface area contributed by atoms with Gasteiger partial charge in [0, 0.05) is 62.6 Å². The molecule has 0 spiro atoms. The van der Waals surface area contributed by atoms with Crippen LogP contribution in [0.2, 0.25) is 5.02 Å². The zero-order chi connectivity index (χ0) is 30.3. The fourth-order valence-corrected chi connectivity index (χ4v) is 6.03. The van der Waals surface area contributed by atoms with Gasteiger partial charge in [-0.05, 0) is 38.5 Å². The molecular formula is C29H32ClF4N5O3. The van der Waals surface area contributed by atoms with Crippen LogP contribution < -0.4 is 9.64 Å². The van der Waals surface area contributed by atoms with E-state index in [0.717, 1.165) is 6.07 Å². The summed E-state index contributed by atoms with van der Waals surface area (Å²) in [5.74, 6) is -4.76. The van der Waals surface area contributed by atoms with Crippen molar-refractivity contribution in [3.63, 3.8) is 0 Å². The lowest BCUT2D eigenvalue weighted by molar-refractivity contribution is -0.131. The van der Waals surface area contributed by atoms with Gasteiger partial charge < -0.3 is 19.6 Å². The molecule has 1 aromatic heterocycles. The first kappa shape index (κ1) is 30.1. The highest BCUT2D eigenvalue weighted by Gasteiger charge is 2.38. The third-order valence-electron chi connectivity index (χ3n) is 7.84. The quantitative estimate of drug-likeness (QED) is 0.280. The number of anilines is 1. The first-order valence-corrected chi connectivity index (χ1v) is 14.2. The Hall–Kier alpha value is -3.38. The number of piperazine rings is 1. The molecule has 13 heteroatoms. The number of carbonyl (C=O) groups excluding carboxylic acids is 1. The number of aromatic hydroxyl groups is 1. The van der Waals surface area contributed by atoms with Crippen LogP contribution in [-0.4, -0.2) is 88.1 Å². The number of rotatable bonds is 7. The van der Waals surface area contributed by atoms with E-state index in [1.165, 1.54) is 25.1 Å². The van der Waals surface area contributed by atoms with Crippen molar-refractivity contribution >= 4 is 34.2 Å². The lowest BCUT2D eigenvalue weighted by atomic mass is 10.0. The van der Waals surface area contributed by atoms with Gasteiger partial charge in [0.2, 0.25) is 5.91 Å². The normalized spacial score (nSPS) is 20.9. The summed E-state index contributed by atoms with van der Waals surface area (Å²) in [6.07, 6.45) is 0.231. The first-order valence-electron chi connectivity index (χ1n) is 13.8. The molecule has 0 bridgehead atoms. The van der Waals surface area contributed by atoms with Crippen molar-refractivity contribution < 1.29 is 32.2 Å². The summed E-state index contributed by atoms with van der Waals surface area (Å²) in [5, 5.41) is 10.5. The fourth-order valence-electron chi connectivity index (χ4n) is 5.74. The summed E-state index contributed by atoms with van der Waals surface area (Å²) in [7, 11) is 0. The average molecular weight is 610 g/mol. The Morgan fingerprint density at radius 1 is 1.17 bits per heavy atom. The van der Waals surface area contributed by atoms with Crippen LogP contribution in [0.5, 0.6) is 11.8 Å². The zero-order valence-corrected chi connectivity index (χ0v) is 24.3. The maximum absolute atomic E-state index is 16.3. The van der Waals surface area contributed by atoms with Gasteiger partial charge in [0.1, 0.15) is 22.9 Å². The van der Waals surface area contributed by atoms with Crippen LogP contribution in [0.3, 0.4) is 0 Å². The van der Waals surface area contributed by atoms with Gasteiger partial charge >= 0.3 is 6.01 Å². The molecule has 2 fully saturated rings.